The summed E-state index contributed by atoms with van der Waals surface area (Å²) in [5.74, 6) is -1.38. The first-order chi connectivity index (χ1) is 17.4. The Labute approximate surface area is 210 Å². The molecule has 1 N–H and O–H groups in total. The fourth-order valence-electron chi connectivity index (χ4n) is 4.24. The number of fused-ring (bicyclic) bond motifs is 1. The molecule has 8 heteroatoms. The summed E-state index contributed by atoms with van der Waals surface area (Å²) in [6, 6.07) is 23.5. The number of aromatic carboxylic acids is 1. The van der Waals surface area contributed by atoms with Crippen molar-refractivity contribution in [3.8, 4) is 6.07 Å². The molecule has 0 bridgehead atoms. The number of hydrogen-bond acceptors (Lipinski definition) is 5. The number of carbonyl (C=O) groups excluding carboxylic acids is 2. The van der Waals surface area contributed by atoms with Crippen molar-refractivity contribution in [2.75, 3.05) is 0 Å². The molecular formula is C28H19N3O4S. The fraction of sp³-hybridized carbons (Fsp3) is 0.0714. The highest BCUT2D eigenvalue weighted by molar-refractivity contribution is 8.18. The molecule has 0 saturated carbocycles. The van der Waals surface area contributed by atoms with Gasteiger partial charge in [0.25, 0.3) is 11.1 Å². The summed E-state index contributed by atoms with van der Waals surface area (Å²) in [6.07, 6.45) is 3.62. The van der Waals surface area contributed by atoms with Crippen molar-refractivity contribution >= 4 is 45.9 Å². The second kappa shape index (κ2) is 9.56. The van der Waals surface area contributed by atoms with E-state index < -0.39 is 11.9 Å². The first kappa shape index (κ1) is 23.1. The number of carboxylic acids is 1. The summed E-state index contributed by atoms with van der Waals surface area (Å²) in [4.78, 5) is 38.6. The smallest absolute Gasteiger partial charge is 0.335 e. The summed E-state index contributed by atoms with van der Waals surface area (Å²) >= 11 is 0.877. The molecule has 5 rings (SSSR count). The lowest BCUT2D eigenvalue weighted by atomic mass is 10.1. The van der Waals surface area contributed by atoms with Crippen LogP contribution < -0.4 is 0 Å². The monoisotopic (exact) mass is 493 g/mol. The number of nitriles is 1. The van der Waals surface area contributed by atoms with Crippen LogP contribution in [0.3, 0.4) is 0 Å². The van der Waals surface area contributed by atoms with Crippen LogP contribution in [-0.4, -0.2) is 31.7 Å². The van der Waals surface area contributed by atoms with Crippen molar-refractivity contribution in [1.29, 1.82) is 5.26 Å². The zero-order valence-electron chi connectivity index (χ0n) is 18.9. The van der Waals surface area contributed by atoms with Crippen molar-refractivity contribution in [3.63, 3.8) is 0 Å². The molecule has 176 valence electrons. The lowest BCUT2D eigenvalue weighted by molar-refractivity contribution is -0.123. The number of para-hydroxylation sites is 1. The highest BCUT2D eigenvalue weighted by Crippen LogP contribution is 2.35. The van der Waals surface area contributed by atoms with Crippen LogP contribution in [0, 0.1) is 11.3 Å². The molecule has 1 aliphatic heterocycles. The number of amides is 2. The van der Waals surface area contributed by atoms with E-state index in [0.29, 0.717) is 22.6 Å². The Balaban J connectivity index is 1.46. The van der Waals surface area contributed by atoms with E-state index in [1.807, 2.05) is 41.1 Å². The molecule has 1 aliphatic rings. The van der Waals surface area contributed by atoms with Gasteiger partial charge >= 0.3 is 5.97 Å². The van der Waals surface area contributed by atoms with Crippen LogP contribution in [-0.2, 0) is 17.9 Å². The van der Waals surface area contributed by atoms with E-state index in [1.54, 1.807) is 48.5 Å². The molecule has 36 heavy (non-hydrogen) atoms. The number of carboxylic acid groups (broad SMARTS) is 1. The van der Waals surface area contributed by atoms with Crippen LogP contribution in [0.4, 0.5) is 4.79 Å². The van der Waals surface area contributed by atoms with Crippen molar-refractivity contribution in [2.24, 2.45) is 0 Å². The molecule has 0 spiro atoms. The third-order valence-electron chi connectivity index (χ3n) is 5.97. The second-order valence-corrected chi connectivity index (χ2v) is 9.27. The zero-order valence-corrected chi connectivity index (χ0v) is 19.7. The Morgan fingerprint density at radius 1 is 1.00 bits per heavy atom. The van der Waals surface area contributed by atoms with Crippen LogP contribution in [0.5, 0.6) is 0 Å². The molecule has 1 saturated heterocycles. The van der Waals surface area contributed by atoms with Crippen LogP contribution in [0.1, 0.15) is 32.6 Å². The number of rotatable bonds is 6. The van der Waals surface area contributed by atoms with Crippen molar-refractivity contribution in [3.05, 3.63) is 112 Å². The average Bonchev–Trinajstić information content (AvgIpc) is 3.36. The van der Waals surface area contributed by atoms with E-state index in [-0.39, 0.29) is 17.3 Å². The van der Waals surface area contributed by atoms with E-state index in [9.17, 15) is 24.8 Å². The van der Waals surface area contributed by atoms with Gasteiger partial charge in [-0.15, -0.1) is 0 Å². The van der Waals surface area contributed by atoms with Gasteiger partial charge in [0.05, 0.1) is 28.6 Å². The highest BCUT2D eigenvalue weighted by atomic mass is 32.2. The topological polar surface area (TPSA) is 103 Å². The molecule has 7 nitrogen and oxygen atoms in total. The predicted octanol–water partition coefficient (Wildman–Crippen LogP) is 5.50. The Kier molecular flexibility index (Phi) is 6.15. The van der Waals surface area contributed by atoms with Gasteiger partial charge < -0.3 is 9.67 Å². The number of aromatic nitrogens is 1. The van der Waals surface area contributed by atoms with Gasteiger partial charge in [-0.3, -0.25) is 14.5 Å². The molecule has 2 amide bonds. The summed E-state index contributed by atoms with van der Waals surface area (Å²) in [5, 5.41) is 19.2. The van der Waals surface area contributed by atoms with Gasteiger partial charge in [-0.25, -0.2) is 4.79 Å². The molecule has 0 aliphatic carbocycles. The van der Waals surface area contributed by atoms with Crippen molar-refractivity contribution < 1.29 is 19.5 Å². The quantitative estimate of drug-likeness (QED) is 0.356. The van der Waals surface area contributed by atoms with Crippen LogP contribution in [0.2, 0.25) is 0 Å². The maximum Gasteiger partial charge on any atom is 0.335 e. The van der Waals surface area contributed by atoms with Gasteiger partial charge in [0.15, 0.2) is 0 Å². The van der Waals surface area contributed by atoms with Gasteiger partial charge in [-0.2, -0.15) is 5.26 Å². The molecule has 3 aromatic carbocycles. The lowest BCUT2D eigenvalue weighted by Crippen LogP contribution is -2.27. The molecule has 0 atom stereocenters. The van der Waals surface area contributed by atoms with E-state index >= 15 is 0 Å². The number of benzene rings is 3. The largest absolute Gasteiger partial charge is 0.478 e. The highest BCUT2D eigenvalue weighted by Gasteiger charge is 2.35. The van der Waals surface area contributed by atoms with Gasteiger partial charge in [0.2, 0.25) is 0 Å². The SMILES string of the molecule is N#Cc1ccccc1CN1C(=O)S/C(=C/c2cn(Cc3cccc(C(=O)O)c3)c3ccccc23)C1=O. The molecule has 0 unspecified atom stereocenters. The Morgan fingerprint density at radius 3 is 2.58 bits per heavy atom. The molecule has 4 aromatic rings. The minimum absolute atomic E-state index is 0.0351. The average molecular weight is 494 g/mol. The molecular weight excluding hydrogens is 474 g/mol. The summed E-state index contributed by atoms with van der Waals surface area (Å²) in [5.41, 5.74) is 3.79. The van der Waals surface area contributed by atoms with E-state index in [4.69, 9.17) is 0 Å². The fourth-order valence-corrected chi connectivity index (χ4v) is 5.06. The standard InChI is InChI=1S/C28H19N3O4S/c29-14-20-7-1-2-8-21(20)17-31-26(32)25(36-28(31)35)13-22-16-30(24-11-4-3-10-23(22)24)15-18-6-5-9-19(12-18)27(33)34/h1-13,16H,15,17H2,(H,33,34)/b25-13+. The van der Waals surface area contributed by atoms with E-state index in [2.05, 4.69) is 6.07 Å². The minimum atomic E-state index is -0.983. The number of nitrogens with zero attached hydrogens (tertiary/aromatic N) is 3. The summed E-state index contributed by atoms with van der Waals surface area (Å²) < 4.78 is 2.00. The molecule has 0 radical (unpaired) electrons. The first-order valence-corrected chi connectivity index (χ1v) is 11.9. The third-order valence-corrected chi connectivity index (χ3v) is 6.88. The van der Waals surface area contributed by atoms with Gasteiger partial charge in [0.1, 0.15) is 0 Å². The summed E-state index contributed by atoms with van der Waals surface area (Å²) in [7, 11) is 0. The Morgan fingerprint density at radius 2 is 1.78 bits per heavy atom. The molecule has 1 fully saturated rings. The van der Waals surface area contributed by atoms with Crippen molar-refractivity contribution in [2.45, 2.75) is 13.1 Å². The Bertz CT molecular complexity index is 1610. The van der Waals surface area contributed by atoms with E-state index in [0.717, 1.165) is 38.7 Å². The normalized spacial score (nSPS) is 14.5. The predicted molar refractivity (Wildman–Crippen MR) is 137 cm³/mol. The number of thioether (sulfide) groups is 1. The van der Waals surface area contributed by atoms with Crippen LogP contribution in [0.15, 0.2) is 83.9 Å². The number of hydrogen-bond donors (Lipinski definition) is 1. The minimum Gasteiger partial charge on any atom is -0.478 e. The van der Waals surface area contributed by atoms with Gasteiger partial charge in [-0.05, 0) is 53.2 Å². The lowest BCUT2D eigenvalue weighted by Gasteiger charge is -2.13. The Hall–Kier alpha value is -4.61. The number of carbonyl (C=O) groups is 3. The van der Waals surface area contributed by atoms with Gasteiger partial charge in [-0.1, -0.05) is 48.5 Å². The maximum atomic E-state index is 13.1. The van der Waals surface area contributed by atoms with Gasteiger partial charge in [0, 0.05) is 29.2 Å². The van der Waals surface area contributed by atoms with Crippen LogP contribution in [0.25, 0.3) is 17.0 Å². The first-order valence-electron chi connectivity index (χ1n) is 11.1. The molecule has 1 aromatic heterocycles. The number of imide groups is 1. The van der Waals surface area contributed by atoms with E-state index in [1.165, 1.54) is 0 Å². The molecule has 2 heterocycles. The third kappa shape index (κ3) is 4.40. The second-order valence-electron chi connectivity index (χ2n) is 8.27. The maximum absolute atomic E-state index is 13.1. The summed E-state index contributed by atoms with van der Waals surface area (Å²) in [6.45, 7) is 0.481. The van der Waals surface area contributed by atoms with Crippen LogP contribution >= 0.6 is 11.8 Å². The van der Waals surface area contributed by atoms with Crippen molar-refractivity contribution in [1.82, 2.24) is 9.47 Å². The zero-order chi connectivity index (χ0) is 25.2.